The Hall–Kier alpha value is -1.40. The molecule has 0 aromatic carbocycles. The average Bonchev–Trinajstić information content (AvgIpc) is 2.83. The SMILES string of the molecule is Cc1nc(CNC(=O)C2CC(O)CN2)oc1C. The maximum Gasteiger partial charge on any atom is 0.237 e. The van der Waals surface area contributed by atoms with Gasteiger partial charge in [-0.25, -0.2) is 4.98 Å². The summed E-state index contributed by atoms with van der Waals surface area (Å²) in [6.07, 6.45) is 0.0205. The van der Waals surface area contributed by atoms with Gasteiger partial charge in [-0.05, 0) is 20.3 Å². The molecule has 2 rings (SSSR count). The van der Waals surface area contributed by atoms with E-state index in [1.165, 1.54) is 0 Å². The maximum absolute atomic E-state index is 11.7. The van der Waals surface area contributed by atoms with E-state index in [1.54, 1.807) is 0 Å². The molecule has 1 aromatic rings. The van der Waals surface area contributed by atoms with Crippen LogP contribution in [0, 0.1) is 13.8 Å². The minimum Gasteiger partial charge on any atom is -0.444 e. The van der Waals surface area contributed by atoms with Crippen molar-refractivity contribution in [1.82, 2.24) is 15.6 Å². The van der Waals surface area contributed by atoms with Gasteiger partial charge in [0.15, 0.2) is 0 Å². The van der Waals surface area contributed by atoms with Gasteiger partial charge in [-0.15, -0.1) is 0 Å². The van der Waals surface area contributed by atoms with E-state index in [9.17, 15) is 9.90 Å². The molecule has 0 aliphatic carbocycles. The summed E-state index contributed by atoms with van der Waals surface area (Å²) in [6, 6.07) is -0.317. The zero-order valence-electron chi connectivity index (χ0n) is 9.99. The van der Waals surface area contributed by atoms with Crippen molar-refractivity contribution in [3.8, 4) is 0 Å². The van der Waals surface area contributed by atoms with Gasteiger partial charge in [-0.2, -0.15) is 0 Å². The molecule has 2 unspecified atom stereocenters. The molecule has 17 heavy (non-hydrogen) atoms. The van der Waals surface area contributed by atoms with Gasteiger partial charge in [-0.1, -0.05) is 0 Å². The van der Waals surface area contributed by atoms with Crippen molar-refractivity contribution < 1.29 is 14.3 Å². The Labute approximate surface area is 99.4 Å². The molecule has 1 fully saturated rings. The van der Waals surface area contributed by atoms with Crippen LogP contribution in [0.5, 0.6) is 0 Å². The lowest BCUT2D eigenvalue weighted by molar-refractivity contribution is -0.123. The van der Waals surface area contributed by atoms with Gasteiger partial charge in [0.05, 0.1) is 24.4 Å². The molecule has 0 spiro atoms. The molecule has 1 aliphatic rings. The molecule has 6 heteroatoms. The van der Waals surface area contributed by atoms with Crippen molar-refractivity contribution in [3.63, 3.8) is 0 Å². The van der Waals surface area contributed by atoms with Crippen molar-refractivity contribution in [1.29, 1.82) is 0 Å². The summed E-state index contributed by atoms with van der Waals surface area (Å²) in [5.41, 5.74) is 0.837. The number of hydrogen-bond donors (Lipinski definition) is 3. The molecule has 1 aliphatic heterocycles. The van der Waals surface area contributed by atoms with Crippen LogP contribution >= 0.6 is 0 Å². The molecule has 0 radical (unpaired) electrons. The third-order valence-corrected chi connectivity index (χ3v) is 2.91. The first-order valence-electron chi connectivity index (χ1n) is 5.68. The second kappa shape index (κ2) is 4.85. The zero-order chi connectivity index (χ0) is 12.4. The average molecular weight is 239 g/mol. The van der Waals surface area contributed by atoms with Crippen molar-refractivity contribution in [2.24, 2.45) is 0 Å². The Morgan fingerprint density at radius 1 is 1.65 bits per heavy atom. The summed E-state index contributed by atoms with van der Waals surface area (Å²) < 4.78 is 5.35. The van der Waals surface area contributed by atoms with Crippen LogP contribution in [-0.4, -0.2) is 34.7 Å². The second-order valence-electron chi connectivity index (χ2n) is 4.32. The van der Waals surface area contributed by atoms with Gasteiger partial charge < -0.3 is 20.2 Å². The molecule has 1 amide bonds. The Morgan fingerprint density at radius 3 is 2.94 bits per heavy atom. The molecule has 2 atom stereocenters. The summed E-state index contributed by atoms with van der Waals surface area (Å²) in [7, 11) is 0. The van der Waals surface area contributed by atoms with Crippen molar-refractivity contribution in [2.45, 2.75) is 39.0 Å². The van der Waals surface area contributed by atoms with E-state index in [4.69, 9.17) is 4.42 Å². The van der Waals surface area contributed by atoms with Crippen LogP contribution in [-0.2, 0) is 11.3 Å². The van der Waals surface area contributed by atoms with Gasteiger partial charge in [0, 0.05) is 6.54 Å². The summed E-state index contributed by atoms with van der Waals surface area (Å²) in [4.78, 5) is 15.9. The third kappa shape index (κ3) is 2.83. The fourth-order valence-electron chi connectivity index (χ4n) is 1.82. The minimum absolute atomic E-state index is 0.130. The fraction of sp³-hybridized carbons (Fsp3) is 0.636. The number of rotatable bonds is 3. The number of aromatic nitrogens is 1. The number of aryl methyl sites for hydroxylation is 2. The van der Waals surface area contributed by atoms with Crippen molar-refractivity contribution >= 4 is 5.91 Å². The van der Waals surface area contributed by atoms with E-state index < -0.39 is 6.10 Å². The lowest BCUT2D eigenvalue weighted by Gasteiger charge is -2.09. The molecule has 3 N–H and O–H groups in total. The third-order valence-electron chi connectivity index (χ3n) is 2.91. The van der Waals surface area contributed by atoms with E-state index in [0.717, 1.165) is 11.5 Å². The Balaban J connectivity index is 1.84. The molecule has 0 bridgehead atoms. The molecule has 1 aromatic heterocycles. The number of amides is 1. The first kappa shape index (κ1) is 12.1. The van der Waals surface area contributed by atoms with Crippen LogP contribution in [0.4, 0.5) is 0 Å². The van der Waals surface area contributed by atoms with Crippen LogP contribution in [0.25, 0.3) is 0 Å². The number of nitrogens with one attached hydrogen (secondary N) is 2. The van der Waals surface area contributed by atoms with Crippen LogP contribution < -0.4 is 10.6 Å². The quantitative estimate of drug-likeness (QED) is 0.670. The largest absolute Gasteiger partial charge is 0.444 e. The minimum atomic E-state index is -0.433. The first-order chi connectivity index (χ1) is 8.06. The van der Waals surface area contributed by atoms with E-state index >= 15 is 0 Å². The first-order valence-corrected chi connectivity index (χ1v) is 5.68. The Morgan fingerprint density at radius 2 is 2.41 bits per heavy atom. The molecule has 1 saturated heterocycles. The van der Waals surface area contributed by atoms with Gasteiger partial charge in [0.25, 0.3) is 0 Å². The standard InChI is InChI=1S/C11H17N3O3/c1-6-7(2)17-10(14-6)5-13-11(16)9-3-8(15)4-12-9/h8-9,12,15H,3-5H2,1-2H3,(H,13,16). The number of aliphatic hydroxyl groups is 1. The van der Waals surface area contributed by atoms with E-state index in [-0.39, 0.29) is 18.5 Å². The predicted molar refractivity (Wildman–Crippen MR) is 60.2 cm³/mol. The summed E-state index contributed by atoms with van der Waals surface area (Å²) >= 11 is 0. The highest BCUT2D eigenvalue weighted by atomic mass is 16.4. The monoisotopic (exact) mass is 239 g/mol. The molecule has 94 valence electrons. The number of β-amino-alcohol motifs (C(OH)–C–C–N with tert-alkyl or cyclic N) is 1. The van der Waals surface area contributed by atoms with Crippen molar-refractivity contribution in [3.05, 3.63) is 17.3 Å². The van der Waals surface area contributed by atoms with Crippen LogP contribution in [0.2, 0.25) is 0 Å². The zero-order valence-corrected chi connectivity index (χ0v) is 9.99. The highest BCUT2D eigenvalue weighted by Crippen LogP contribution is 2.09. The lowest BCUT2D eigenvalue weighted by Crippen LogP contribution is -2.40. The number of carbonyl (C=O) groups excluding carboxylic acids is 1. The number of oxazole rings is 1. The highest BCUT2D eigenvalue weighted by Gasteiger charge is 2.27. The number of hydrogen-bond acceptors (Lipinski definition) is 5. The van der Waals surface area contributed by atoms with Crippen LogP contribution in [0.3, 0.4) is 0 Å². The second-order valence-corrected chi connectivity index (χ2v) is 4.32. The van der Waals surface area contributed by atoms with Gasteiger partial charge in [-0.3, -0.25) is 4.79 Å². The molecule has 2 heterocycles. The normalized spacial score (nSPS) is 23.9. The molecular formula is C11H17N3O3. The van der Waals surface area contributed by atoms with E-state index in [1.807, 2.05) is 13.8 Å². The summed E-state index contributed by atoms with van der Waals surface area (Å²) in [6.45, 7) is 4.44. The number of carbonyl (C=O) groups is 1. The number of nitrogens with zero attached hydrogens (tertiary/aromatic N) is 1. The van der Waals surface area contributed by atoms with Gasteiger partial charge in [0.2, 0.25) is 11.8 Å². The van der Waals surface area contributed by atoms with E-state index in [2.05, 4.69) is 15.6 Å². The molecular weight excluding hydrogens is 222 g/mol. The summed E-state index contributed by atoms with van der Waals surface area (Å²) in [5, 5.41) is 15.0. The van der Waals surface area contributed by atoms with Gasteiger partial charge >= 0.3 is 0 Å². The molecule has 0 saturated carbocycles. The van der Waals surface area contributed by atoms with Crippen LogP contribution in [0.1, 0.15) is 23.8 Å². The summed E-state index contributed by atoms with van der Waals surface area (Å²) in [5.74, 6) is 1.14. The predicted octanol–water partition coefficient (Wildman–Crippen LogP) is -0.370. The fourth-order valence-corrected chi connectivity index (χ4v) is 1.82. The van der Waals surface area contributed by atoms with E-state index in [0.29, 0.717) is 18.9 Å². The smallest absolute Gasteiger partial charge is 0.237 e. The van der Waals surface area contributed by atoms with Crippen molar-refractivity contribution in [2.75, 3.05) is 6.54 Å². The number of aliphatic hydroxyl groups excluding tert-OH is 1. The Kier molecular flexibility index (Phi) is 3.44. The highest BCUT2D eigenvalue weighted by molar-refractivity contribution is 5.82. The molecule has 6 nitrogen and oxygen atoms in total. The Bertz CT molecular complexity index is 397. The maximum atomic E-state index is 11.7. The van der Waals surface area contributed by atoms with Crippen LogP contribution in [0.15, 0.2) is 4.42 Å². The topological polar surface area (TPSA) is 87.4 Å². The lowest BCUT2D eigenvalue weighted by atomic mass is 10.2. The van der Waals surface area contributed by atoms with Gasteiger partial charge in [0.1, 0.15) is 5.76 Å².